The zero-order valence-corrected chi connectivity index (χ0v) is 15.6. The van der Waals surface area contributed by atoms with Crippen LogP contribution in [0.15, 0.2) is 18.2 Å². The highest BCUT2D eigenvalue weighted by Gasteiger charge is 2.23. The molecule has 0 spiro atoms. The third-order valence-corrected chi connectivity index (χ3v) is 3.42. The Balaban J connectivity index is 0.00000112. The Labute approximate surface area is 141 Å². The van der Waals surface area contributed by atoms with Gasteiger partial charge in [-0.1, -0.05) is 40.7 Å². The Morgan fingerprint density at radius 3 is 2.65 bits per heavy atom. The second-order valence-corrected chi connectivity index (χ2v) is 4.78. The van der Waals surface area contributed by atoms with E-state index in [-0.39, 0.29) is 5.97 Å². The van der Waals surface area contributed by atoms with E-state index in [1.54, 1.807) is 6.07 Å². The van der Waals surface area contributed by atoms with Gasteiger partial charge in [-0.15, -0.1) is 0 Å². The number of carbonyl (C=O) groups is 1. The van der Waals surface area contributed by atoms with E-state index in [1.807, 2.05) is 39.8 Å². The van der Waals surface area contributed by atoms with Crippen LogP contribution in [0.3, 0.4) is 0 Å². The Morgan fingerprint density at radius 2 is 2.04 bits per heavy atom. The van der Waals surface area contributed by atoms with Gasteiger partial charge in [0, 0.05) is 13.1 Å². The van der Waals surface area contributed by atoms with Crippen LogP contribution in [0.1, 0.15) is 51.5 Å². The summed E-state index contributed by atoms with van der Waals surface area (Å²) in [6.07, 6.45) is 1.16. The molecule has 0 aromatic carbocycles. The molecule has 5 heteroatoms. The molecule has 2 heterocycles. The van der Waals surface area contributed by atoms with E-state index < -0.39 is 0 Å². The number of carbonyl (C=O) groups excluding carboxylic acids is 1. The lowest BCUT2D eigenvalue weighted by Gasteiger charge is -2.18. The molecule has 1 aliphatic heterocycles. The van der Waals surface area contributed by atoms with Crippen molar-refractivity contribution in [2.45, 2.75) is 41.0 Å². The summed E-state index contributed by atoms with van der Waals surface area (Å²) in [6, 6.07) is 5.48. The Bertz CT molecular complexity index is 438. The van der Waals surface area contributed by atoms with Crippen LogP contribution in [-0.2, 0) is 4.74 Å². The summed E-state index contributed by atoms with van der Waals surface area (Å²) >= 11 is 0. The first-order valence-electron chi connectivity index (χ1n) is 8.75. The van der Waals surface area contributed by atoms with Gasteiger partial charge in [0.25, 0.3) is 0 Å². The number of ether oxygens (including phenoxy) is 1. The summed E-state index contributed by atoms with van der Waals surface area (Å²) in [5.41, 5.74) is 0.370. The number of hydrogen-bond acceptors (Lipinski definition) is 5. The lowest BCUT2D eigenvalue weighted by Crippen LogP contribution is -2.26. The summed E-state index contributed by atoms with van der Waals surface area (Å²) in [7, 11) is 1.37. The fourth-order valence-corrected chi connectivity index (χ4v) is 2.37. The summed E-state index contributed by atoms with van der Waals surface area (Å²) < 4.78 is 4.70. The first-order chi connectivity index (χ1) is 11.2. The summed E-state index contributed by atoms with van der Waals surface area (Å²) in [6.45, 7) is 14.2. The van der Waals surface area contributed by atoms with Crippen molar-refractivity contribution >= 4 is 11.8 Å². The monoisotopic (exact) mass is 323 g/mol. The second-order valence-electron chi connectivity index (χ2n) is 4.78. The predicted octanol–water partition coefficient (Wildman–Crippen LogP) is 3.36. The van der Waals surface area contributed by atoms with E-state index in [4.69, 9.17) is 4.74 Å². The number of rotatable bonds is 5. The standard InChI is InChI=1S/C14H21N3O2.2C2H6/c1-3-15-9-11-7-8-17(10-11)13-6-4-5-12(16-13)14(18)19-2;2*1-2/h4-6,11,15H,3,7-10H2,1-2H3;2*1-2H3. The maximum atomic E-state index is 11.5. The molecule has 1 aromatic heterocycles. The van der Waals surface area contributed by atoms with Crippen LogP contribution in [0, 0.1) is 5.92 Å². The van der Waals surface area contributed by atoms with Gasteiger partial charge in [0.2, 0.25) is 0 Å². The van der Waals surface area contributed by atoms with E-state index in [9.17, 15) is 4.79 Å². The molecule has 5 nitrogen and oxygen atoms in total. The van der Waals surface area contributed by atoms with Crippen LogP contribution >= 0.6 is 0 Å². The lowest BCUT2D eigenvalue weighted by atomic mass is 10.1. The van der Waals surface area contributed by atoms with E-state index in [2.05, 4.69) is 22.1 Å². The Hall–Kier alpha value is -1.62. The summed E-state index contributed by atoms with van der Waals surface area (Å²) in [5.74, 6) is 1.13. The molecule has 0 bridgehead atoms. The van der Waals surface area contributed by atoms with Crippen molar-refractivity contribution in [1.82, 2.24) is 10.3 Å². The molecule has 1 atom stereocenters. The topological polar surface area (TPSA) is 54.5 Å². The molecule has 0 aliphatic carbocycles. The molecule has 132 valence electrons. The second kappa shape index (κ2) is 12.9. The molecule has 1 saturated heterocycles. The fourth-order valence-electron chi connectivity index (χ4n) is 2.37. The van der Waals surface area contributed by atoms with Crippen molar-refractivity contribution in [2.75, 3.05) is 38.2 Å². The molecule has 0 radical (unpaired) electrons. The van der Waals surface area contributed by atoms with Crippen molar-refractivity contribution in [3.8, 4) is 0 Å². The molecule has 2 rings (SSSR count). The van der Waals surface area contributed by atoms with Crippen molar-refractivity contribution in [2.24, 2.45) is 5.92 Å². The van der Waals surface area contributed by atoms with Crippen LogP contribution in [-0.4, -0.2) is 44.2 Å². The van der Waals surface area contributed by atoms with Crippen molar-refractivity contribution in [3.05, 3.63) is 23.9 Å². The van der Waals surface area contributed by atoms with E-state index >= 15 is 0 Å². The maximum Gasteiger partial charge on any atom is 0.356 e. The molecule has 1 fully saturated rings. The first kappa shape index (κ1) is 21.4. The SMILES string of the molecule is CC.CC.CCNCC1CCN(c2cccc(C(=O)OC)n2)C1. The summed E-state index contributed by atoms with van der Waals surface area (Å²) in [4.78, 5) is 18.1. The lowest BCUT2D eigenvalue weighted by molar-refractivity contribution is 0.0594. The number of nitrogens with one attached hydrogen (secondary N) is 1. The molecule has 0 saturated carbocycles. The van der Waals surface area contributed by atoms with Crippen LogP contribution < -0.4 is 10.2 Å². The first-order valence-corrected chi connectivity index (χ1v) is 8.75. The highest BCUT2D eigenvalue weighted by atomic mass is 16.5. The number of pyridine rings is 1. The zero-order valence-electron chi connectivity index (χ0n) is 15.6. The number of methoxy groups -OCH3 is 1. The van der Waals surface area contributed by atoms with Crippen molar-refractivity contribution < 1.29 is 9.53 Å². The molecule has 1 N–H and O–H groups in total. The molecular weight excluding hydrogens is 290 g/mol. The average Bonchev–Trinajstić information content (AvgIpc) is 3.11. The highest BCUT2D eigenvalue weighted by Crippen LogP contribution is 2.22. The normalized spacial score (nSPS) is 15.9. The number of nitrogens with zero attached hydrogens (tertiary/aromatic N) is 2. The van der Waals surface area contributed by atoms with Gasteiger partial charge in [0.05, 0.1) is 7.11 Å². The number of anilines is 1. The predicted molar refractivity (Wildman–Crippen MR) is 97.1 cm³/mol. The van der Waals surface area contributed by atoms with Crippen molar-refractivity contribution in [1.29, 1.82) is 0 Å². The minimum atomic E-state index is -0.384. The smallest absolute Gasteiger partial charge is 0.356 e. The van der Waals surface area contributed by atoms with Gasteiger partial charge in [0.15, 0.2) is 5.69 Å². The Kier molecular flexibility index (Phi) is 12.0. The van der Waals surface area contributed by atoms with E-state index in [0.29, 0.717) is 11.6 Å². The van der Waals surface area contributed by atoms with Gasteiger partial charge < -0.3 is 15.0 Å². The van der Waals surface area contributed by atoms with Gasteiger partial charge in [0.1, 0.15) is 5.82 Å². The van der Waals surface area contributed by atoms with E-state index in [0.717, 1.165) is 38.4 Å². The highest BCUT2D eigenvalue weighted by molar-refractivity contribution is 5.87. The number of esters is 1. The quantitative estimate of drug-likeness (QED) is 0.842. The van der Waals surface area contributed by atoms with Crippen LogP contribution in [0.25, 0.3) is 0 Å². The van der Waals surface area contributed by atoms with Gasteiger partial charge in [-0.25, -0.2) is 9.78 Å². The van der Waals surface area contributed by atoms with Crippen LogP contribution in [0.4, 0.5) is 5.82 Å². The van der Waals surface area contributed by atoms with Gasteiger partial charge in [-0.05, 0) is 37.6 Å². The van der Waals surface area contributed by atoms with Gasteiger partial charge in [-0.3, -0.25) is 0 Å². The molecule has 1 aliphatic rings. The average molecular weight is 323 g/mol. The third kappa shape index (κ3) is 6.99. The maximum absolute atomic E-state index is 11.5. The third-order valence-electron chi connectivity index (χ3n) is 3.42. The van der Waals surface area contributed by atoms with Crippen LogP contribution in [0.2, 0.25) is 0 Å². The van der Waals surface area contributed by atoms with Gasteiger partial charge >= 0.3 is 5.97 Å². The molecule has 1 unspecified atom stereocenters. The molecular formula is C18H33N3O2. The Morgan fingerprint density at radius 1 is 1.35 bits per heavy atom. The molecule has 23 heavy (non-hydrogen) atoms. The minimum Gasteiger partial charge on any atom is -0.464 e. The molecule has 0 amide bonds. The largest absolute Gasteiger partial charge is 0.464 e. The van der Waals surface area contributed by atoms with Crippen LogP contribution in [0.5, 0.6) is 0 Å². The number of hydrogen-bond donors (Lipinski definition) is 1. The summed E-state index contributed by atoms with van der Waals surface area (Å²) in [5, 5.41) is 3.38. The minimum absolute atomic E-state index is 0.370. The van der Waals surface area contributed by atoms with E-state index in [1.165, 1.54) is 7.11 Å². The van der Waals surface area contributed by atoms with Crippen molar-refractivity contribution in [3.63, 3.8) is 0 Å². The van der Waals surface area contributed by atoms with Gasteiger partial charge in [-0.2, -0.15) is 0 Å². The zero-order chi connectivity index (χ0) is 17.7. The number of aromatic nitrogens is 1. The fraction of sp³-hybridized carbons (Fsp3) is 0.667. The molecule has 1 aromatic rings.